The standard InChI is InChI=1S/C22H19FN2O2S2/c23-14-5-3-4-13(10-14)12-28-22-24-18-9-8-15(11-19(18)29-22)25-20(26)16-6-1-2-7-17(16)21(25)27/h3-5,8-11,16-17H,1-2,6-7,12H2/t16-,17-/m1/s1. The van der Waals surface area contributed by atoms with E-state index in [2.05, 4.69) is 4.98 Å². The molecule has 2 heterocycles. The maximum absolute atomic E-state index is 13.3. The van der Waals surface area contributed by atoms with Gasteiger partial charge in [0.25, 0.3) is 0 Å². The largest absolute Gasteiger partial charge is 0.274 e. The number of carbonyl (C=O) groups is 2. The van der Waals surface area contributed by atoms with Crippen LogP contribution in [0.5, 0.6) is 0 Å². The minimum absolute atomic E-state index is 0.0516. The smallest absolute Gasteiger partial charge is 0.237 e. The first-order chi connectivity index (χ1) is 14.1. The van der Waals surface area contributed by atoms with Crippen LogP contribution in [0, 0.1) is 17.7 Å². The van der Waals surface area contributed by atoms with Gasteiger partial charge in [-0.15, -0.1) is 11.3 Å². The van der Waals surface area contributed by atoms with Crippen LogP contribution in [0.2, 0.25) is 0 Å². The summed E-state index contributed by atoms with van der Waals surface area (Å²) in [4.78, 5) is 31.7. The van der Waals surface area contributed by atoms with Crippen LogP contribution >= 0.6 is 23.1 Å². The summed E-state index contributed by atoms with van der Waals surface area (Å²) in [6.07, 6.45) is 3.67. The van der Waals surface area contributed by atoms with Gasteiger partial charge in [-0.2, -0.15) is 0 Å². The summed E-state index contributed by atoms with van der Waals surface area (Å²) < 4.78 is 15.2. The van der Waals surface area contributed by atoms with Crippen LogP contribution in [-0.2, 0) is 15.3 Å². The van der Waals surface area contributed by atoms with E-state index in [1.807, 2.05) is 24.3 Å². The van der Waals surface area contributed by atoms with Gasteiger partial charge in [0, 0.05) is 5.75 Å². The summed E-state index contributed by atoms with van der Waals surface area (Å²) >= 11 is 3.09. The third-order valence-corrected chi connectivity index (χ3v) is 7.94. The number of nitrogens with zero attached hydrogens (tertiary/aromatic N) is 2. The van der Waals surface area contributed by atoms with Crippen molar-refractivity contribution < 1.29 is 14.0 Å². The van der Waals surface area contributed by atoms with Crippen molar-refractivity contribution in [3.63, 3.8) is 0 Å². The second kappa shape index (κ2) is 7.54. The summed E-state index contributed by atoms with van der Waals surface area (Å²) in [5.74, 6) is -0.000601. The lowest BCUT2D eigenvalue weighted by Crippen LogP contribution is -2.30. The SMILES string of the molecule is O=C1[C@@H]2CCCC[C@H]2C(=O)N1c1ccc2nc(SCc3cccc(F)c3)sc2c1. The zero-order valence-electron chi connectivity index (χ0n) is 15.6. The van der Waals surface area contributed by atoms with Gasteiger partial charge < -0.3 is 0 Å². The van der Waals surface area contributed by atoms with Crippen molar-refractivity contribution in [3.8, 4) is 0 Å². The Hall–Kier alpha value is -2.25. The predicted molar refractivity (Wildman–Crippen MR) is 114 cm³/mol. The lowest BCUT2D eigenvalue weighted by Gasteiger charge is -2.19. The van der Waals surface area contributed by atoms with Crippen molar-refractivity contribution in [2.75, 3.05) is 4.90 Å². The summed E-state index contributed by atoms with van der Waals surface area (Å²) in [7, 11) is 0. The van der Waals surface area contributed by atoms with Gasteiger partial charge in [-0.3, -0.25) is 14.5 Å². The Labute approximate surface area is 176 Å². The molecule has 0 N–H and O–H groups in total. The van der Waals surface area contributed by atoms with Crippen molar-refractivity contribution >= 4 is 50.8 Å². The summed E-state index contributed by atoms with van der Waals surface area (Å²) in [5, 5.41) is 0. The highest BCUT2D eigenvalue weighted by atomic mass is 32.2. The number of carbonyl (C=O) groups excluding carboxylic acids is 2. The Morgan fingerprint density at radius 1 is 1.07 bits per heavy atom. The number of anilines is 1. The van der Waals surface area contributed by atoms with Crippen LogP contribution < -0.4 is 4.90 Å². The molecule has 4 nitrogen and oxygen atoms in total. The second-order valence-electron chi connectivity index (χ2n) is 7.56. The Kier molecular flexibility index (Phi) is 4.87. The van der Waals surface area contributed by atoms with Crippen molar-refractivity contribution in [2.24, 2.45) is 11.8 Å². The zero-order valence-corrected chi connectivity index (χ0v) is 17.3. The van der Waals surface area contributed by atoms with E-state index in [1.54, 1.807) is 17.8 Å². The number of thiazole rings is 1. The lowest BCUT2D eigenvalue weighted by atomic mass is 9.81. The van der Waals surface area contributed by atoms with Gasteiger partial charge in [0.05, 0.1) is 27.7 Å². The molecule has 0 spiro atoms. The first-order valence-corrected chi connectivity index (χ1v) is 11.6. The van der Waals surface area contributed by atoms with Gasteiger partial charge in [-0.05, 0) is 48.7 Å². The van der Waals surface area contributed by atoms with Crippen LogP contribution in [0.1, 0.15) is 31.2 Å². The maximum Gasteiger partial charge on any atom is 0.237 e. The van der Waals surface area contributed by atoms with E-state index >= 15 is 0 Å². The first kappa shape index (κ1) is 18.8. The number of benzene rings is 2. The van der Waals surface area contributed by atoms with Gasteiger partial charge in [-0.1, -0.05) is 36.7 Å². The first-order valence-electron chi connectivity index (χ1n) is 9.76. The van der Waals surface area contributed by atoms with E-state index in [-0.39, 0.29) is 29.5 Å². The third-order valence-electron chi connectivity index (χ3n) is 5.70. The van der Waals surface area contributed by atoms with Crippen LogP contribution in [0.3, 0.4) is 0 Å². The molecule has 1 aromatic heterocycles. The van der Waals surface area contributed by atoms with E-state index in [0.717, 1.165) is 45.8 Å². The highest BCUT2D eigenvalue weighted by Gasteiger charge is 2.48. The number of halogens is 1. The molecule has 2 aliphatic rings. The van der Waals surface area contributed by atoms with Crippen LogP contribution in [0.25, 0.3) is 10.2 Å². The molecular formula is C22H19FN2O2S2. The fourth-order valence-corrected chi connectivity index (χ4v) is 6.33. The molecule has 1 saturated heterocycles. The number of thioether (sulfide) groups is 1. The molecule has 2 amide bonds. The molecule has 29 heavy (non-hydrogen) atoms. The molecule has 2 atom stereocenters. The Morgan fingerprint density at radius 2 is 1.83 bits per heavy atom. The number of rotatable bonds is 4. The van der Waals surface area contributed by atoms with Gasteiger partial charge in [0.15, 0.2) is 4.34 Å². The molecule has 1 aliphatic carbocycles. The number of aromatic nitrogens is 1. The molecule has 0 bridgehead atoms. The van der Waals surface area contributed by atoms with E-state index in [0.29, 0.717) is 11.4 Å². The highest BCUT2D eigenvalue weighted by Crippen LogP contribution is 2.41. The number of fused-ring (bicyclic) bond motifs is 2. The maximum atomic E-state index is 13.3. The number of imide groups is 1. The normalized spacial score (nSPS) is 21.8. The zero-order chi connectivity index (χ0) is 20.0. The van der Waals surface area contributed by atoms with Gasteiger partial charge in [0.2, 0.25) is 11.8 Å². The van der Waals surface area contributed by atoms with E-state index in [4.69, 9.17) is 0 Å². The summed E-state index contributed by atoms with van der Waals surface area (Å²) in [6, 6.07) is 12.1. The minimum atomic E-state index is -0.238. The van der Waals surface area contributed by atoms with E-state index < -0.39 is 0 Å². The molecule has 7 heteroatoms. The van der Waals surface area contributed by atoms with Crippen LogP contribution in [0.4, 0.5) is 10.1 Å². The highest BCUT2D eigenvalue weighted by molar-refractivity contribution is 8.00. The van der Waals surface area contributed by atoms with E-state index in [9.17, 15) is 14.0 Å². The molecule has 1 saturated carbocycles. The van der Waals surface area contributed by atoms with Gasteiger partial charge in [-0.25, -0.2) is 9.37 Å². The molecule has 5 rings (SSSR count). The van der Waals surface area contributed by atoms with Crippen molar-refractivity contribution in [1.29, 1.82) is 0 Å². The molecule has 3 aromatic rings. The fraction of sp³-hybridized carbons (Fsp3) is 0.318. The van der Waals surface area contributed by atoms with Crippen molar-refractivity contribution in [3.05, 3.63) is 53.8 Å². The molecule has 2 fully saturated rings. The van der Waals surface area contributed by atoms with Gasteiger partial charge >= 0.3 is 0 Å². The van der Waals surface area contributed by atoms with Crippen molar-refractivity contribution in [1.82, 2.24) is 4.98 Å². The summed E-state index contributed by atoms with van der Waals surface area (Å²) in [5.41, 5.74) is 2.40. The topological polar surface area (TPSA) is 50.3 Å². The molecule has 0 unspecified atom stereocenters. The molecule has 0 radical (unpaired) electrons. The average molecular weight is 427 g/mol. The van der Waals surface area contributed by atoms with Gasteiger partial charge in [0.1, 0.15) is 5.82 Å². The predicted octanol–water partition coefficient (Wildman–Crippen LogP) is 5.41. The molecule has 1 aliphatic heterocycles. The number of hydrogen-bond donors (Lipinski definition) is 0. The molecule has 148 valence electrons. The second-order valence-corrected chi connectivity index (χ2v) is 9.81. The monoisotopic (exact) mass is 426 g/mol. The Balaban J connectivity index is 1.38. The Morgan fingerprint density at radius 3 is 2.55 bits per heavy atom. The van der Waals surface area contributed by atoms with Crippen LogP contribution in [0.15, 0.2) is 46.8 Å². The number of hydrogen-bond acceptors (Lipinski definition) is 5. The molecule has 2 aromatic carbocycles. The number of amides is 2. The van der Waals surface area contributed by atoms with Crippen molar-refractivity contribution in [2.45, 2.75) is 35.8 Å². The fourth-order valence-electron chi connectivity index (χ4n) is 4.28. The quantitative estimate of drug-likeness (QED) is 0.414. The van der Waals surface area contributed by atoms with Crippen LogP contribution in [-0.4, -0.2) is 16.8 Å². The average Bonchev–Trinajstić information content (AvgIpc) is 3.25. The minimum Gasteiger partial charge on any atom is -0.274 e. The molecular weight excluding hydrogens is 407 g/mol. The van der Waals surface area contributed by atoms with E-state index in [1.165, 1.54) is 28.4 Å². The summed E-state index contributed by atoms with van der Waals surface area (Å²) in [6.45, 7) is 0. The Bertz CT molecular complexity index is 1090. The lowest BCUT2D eigenvalue weighted by molar-refractivity contribution is -0.122. The third kappa shape index (κ3) is 3.46.